The number of anilines is 1. The third-order valence-electron chi connectivity index (χ3n) is 4.95. The molecule has 2 aromatic rings. The van der Waals surface area contributed by atoms with Crippen LogP contribution in [0.25, 0.3) is 0 Å². The largest absolute Gasteiger partial charge is 0.460 e. The van der Waals surface area contributed by atoms with Crippen molar-refractivity contribution in [1.82, 2.24) is 5.32 Å². The number of nitrogens with one attached hydrogen (secondary N) is 1. The smallest absolute Gasteiger partial charge is 0.325 e. The van der Waals surface area contributed by atoms with Crippen molar-refractivity contribution in [2.75, 3.05) is 18.0 Å². The lowest BCUT2D eigenvalue weighted by Gasteiger charge is -2.15. The zero-order valence-electron chi connectivity index (χ0n) is 16.8. The normalized spacial score (nSPS) is 13.6. The molecular weight excluding hydrogens is 368 g/mol. The van der Waals surface area contributed by atoms with E-state index in [2.05, 4.69) is 19.2 Å². The molecule has 1 heterocycles. The average Bonchev–Trinajstić information content (AvgIpc) is 3.16. The van der Waals surface area contributed by atoms with Crippen molar-refractivity contribution in [2.24, 2.45) is 0 Å². The fourth-order valence-electron chi connectivity index (χ4n) is 3.18. The van der Waals surface area contributed by atoms with Gasteiger partial charge >= 0.3 is 5.97 Å². The van der Waals surface area contributed by atoms with Crippen LogP contribution in [0.15, 0.2) is 48.5 Å². The van der Waals surface area contributed by atoms with Crippen molar-refractivity contribution in [3.8, 4) is 0 Å². The number of hydrogen-bond donors (Lipinski definition) is 1. The van der Waals surface area contributed by atoms with Crippen LogP contribution in [0.3, 0.4) is 0 Å². The van der Waals surface area contributed by atoms with Gasteiger partial charge in [-0.25, -0.2) is 0 Å². The molecule has 6 nitrogen and oxygen atoms in total. The summed E-state index contributed by atoms with van der Waals surface area (Å²) < 4.78 is 5.22. The Bertz CT molecular complexity index is 873. The number of carbonyl (C=O) groups excluding carboxylic acids is 3. The van der Waals surface area contributed by atoms with E-state index in [9.17, 15) is 14.4 Å². The minimum absolute atomic E-state index is 0.101. The topological polar surface area (TPSA) is 75.7 Å². The number of ether oxygens (including phenoxy) is 1. The van der Waals surface area contributed by atoms with E-state index in [-0.39, 0.29) is 25.0 Å². The maximum Gasteiger partial charge on any atom is 0.325 e. The summed E-state index contributed by atoms with van der Waals surface area (Å²) in [5.74, 6) is -0.302. The third-order valence-corrected chi connectivity index (χ3v) is 4.95. The fraction of sp³-hybridized carbons (Fsp3) is 0.348. The molecular formula is C23H26N2O4. The highest BCUT2D eigenvalue weighted by Gasteiger charge is 2.21. The molecule has 1 fully saturated rings. The van der Waals surface area contributed by atoms with E-state index in [1.54, 1.807) is 29.2 Å². The molecule has 0 saturated carbocycles. The molecule has 3 rings (SSSR count). The molecule has 6 heteroatoms. The van der Waals surface area contributed by atoms with Crippen LogP contribution in [0.4, 0.5) is 5.69 Å². The lowest BCUT2D eigenvalue weighted by molar-refractivity contribution is -0.143. The van der Waals surface area contributed by atoms with E-state index in [1.807, 2.05) is 24.3 Å². The van der Waals surface area contributed by atoms with E-state index < -0.39 is 5.97 Å². The van der Waals surface area contributed by atoms with E-state index in [4.69, 9.17) is 4.74 Å². The molecule has 152 valence electrons. The van der Waals surface area contributed by atoms with E-state index in [0.29, 0.717) is 24.4 Å². The van der Waals surface area contributed by atoms with Crippen molar-refractivity contribution >= 4 is 23.5 Å². The Labute approximate surface area is 170 Å². The molecule has 0 unspecified atom stereocenters. The summed E-state index contributed by atoms with van der Waals surface area (Å²) in [6.07, 6.45) is 1.41. The van der Waals surface area contributed by atoms with Gasteiger partial charge in [0.15, 0.2) is 0 Å². The Morgan fingerprint density at radius 1 is 1.07 bits per heavy atom. The van der Waals surface area contributed by atoms with Gasteiger partial charge in [0.1, 0.15) is 13.2 Å². The van der Waals surface area contributed by atoms with Gasteiger partial charge in [-0.15, -0.1) is 0 Å². The third kappa shape index (κ3) is 5.44. The number of rotatable bonds is 7. The number of carbonyl (C=O) groups is 3. The molecule has 1 aliphatic heterocycles. The highest BCUT2D eigenvalue weighted by atomic mass is 16.5. The molecule has 0 atom stereocenters. The first-order valence-corrected chi connectivity index (χ1v) is 9.87. The maximum atomic E-state index is 12.2. The predicted octanol–water partition coefficient (Wildman–Crippen LogP) is 3.41. The van der Waals surface area contributed by atoms with E-state index >= 15 is 0 Å². The van der Waals surface area contributed by atoms with E-state index in [0.717, 1.165) is 17.7 Å². The fourth-order valence-corrected chi connectivity index (χ4v) is 3.18. The summed E-state index contributed by atoms with van der Waals surface area (Å²) >= 11 is 0. The summed E-state index contributed by atoms with van der Waals surface area (Å²) in [7, 11) is 0. The second-order valence-electron chi connectivity index (χ2n) is 7.44. The second-order valence-corrected chi connectivity index (χ2v) is 7.44. The second kappa shape index (κ2) is 9.37. The van der Waals surface area contributed by atoms with Crippen LogP contribution < -0.4 is 10.2 Å². The van der Waals surface area contributed by atoms with Gasteiger partial charge in [-0.1, -0.05) is 38.1 Å². The summed E-state index contributed by atoms with van der Waals surface area (Å²) in [5.41, 5.74) is 3.35. The lowest BCUT2D eigenvalue weighted by atomic mass is 10.0. The standard InChI is InChI=1S/C23H26N2O4/c1-16(2)18-7-5-17(6-8-18)15-29-22(27)14-24-23(28)19-9-11-20(12-10-19)25-13-3-4-21(25)26/h5-12,16H,3-4,13-15H2,1-2H3,(H,24,28). The molecule has 0 aliphatic carbocycles. The Morgan fingerprint density at radius 2 is 1.76 bits per heavy atom. The van der Waals surface area contributed by atoms with Crippen molar-refractivity contribution < 1.29 is 19.1 Å². The first-order valence-electron chi connectivity index (χ1n) is 9.87. The molecule has 0 bridgehead atoms. The molecule has 1 aliphatic rings. The first kappa shape index (κ1) is 20.6. The van der Waals surface area contributed by atoms with Crippen LogP contribution in [-0.4, -0.2) is 30.9 Å². The van der Waals surface area contributed by atoms with Gasteiger partial charge in [0, 0.05) is 24.2 Å². The minimum Gasteiger partial charge on any atom is -0.460 e. The lowest BCUT2D eigenvalue weighted by Crippen LogP contribution is -2.30. The summed E-state index contributed by atoms with van der Waals surface area (Å²) in [4.78, 5) is 37.6. The molecule has 0 radical (unpaired) electrons. The minimum atomic E-state index is -0.495. The number of esters is 1. The van der Waals surface area contributed by atoms with Crippen LogP contribution in [-0.2, 0) is 20.9 Å². The van der Waals surface area contributed by atoms with Crippen LogP contribution >= 0.6 is 0 Å². The van der Waals surface area contributed by atoms with Gasteiger partial charge in [0.05, 0.1) is 0 Å². The first-order chi connectivity index (χ1) is 13.9. The average molecular weight is 394 g/mol. The summed E-state index contributed by atoms with van der Waals surface area (Å²) in [6.45, 7) is 4.92. The van der Waals surface area contributed by atoms with Crippen molar-refractivity contribution in [3.05, 3.63) is 65.2 Å². The Kier molecular flexibility index (Phi) is 6.65. The van der Waals surface area contributed by atoms with Gasteiger partial charge in [0.2, 0.25) is 5.91 Å². The van der Waals surface area contributed by atoms with Crippen molar-refractivity contribution in [1.29, 1.82) is 0 Å². The van der Waals surface area contributed by atoms with Crippen LogP contribution in [0.2, 0.25) is 0 Å². The zero-order valence-corrected chi connectivity index (χ0v) is 16.8. The molecule has 1 saturated heterocycles. The Balaban J connectivity index is 1.44. The van der Waals surface area contributed by atoms with Gasteiger partial charge < -0.3 is 15.0 Å². The summed E-state index contributed by atoms with van der Waals surface area (Å²) in [6, 6.07) is 14.7. The van der Waals surface area contributed by atoms with Gasteiger partial charge in [0.25, 0.3) is 5.91 Å². The van der Waals surface area contributed by atoms with Gasteiger partial charge in [-0.05, 0) is 47.7 Å². The number of nitrogens with zero attached hydrogens (tertiary/aromatic N) is 1. The van der Waals surface area contributed by atoms with Crippen molar-refractivity contribution in [2.45, 2.75) is 39.2 Å². The molecule has 2 amide bonds. The SMILES string of the molecule is CC(C)c1ccc(COC(=O)CNC(=O)c2ccc(N3CCCC3=O)cc2)cc1. The highest BCUT2D eigenvalue weighted by molar-refractivity contribution is 5.98. The highest BCUT2D eigenvalue weighted by Crippen LogP contribution is 2.21. The van der Waals surface area contributed by atoms with E-state index in [1.165, 1.54) is 5.56 Å². The maximum absolute atomic E-state index is 12.2. The molecule has 29 heavy (non-hydrogen) atoms. The van der Waals surface area contributed by atoms with Gasteiger partial charge in [-0.3, -0.25) is 14.4 Å². The van der Waals surface area contributed by atoms with Crippen LogP contribution in [0.1, 0.15) is 54.1 Å². The van der Waals surface area contributed by atoms with Gasteiger partial charge in [-0.2, -0.15) is 0 Å². The quantitative estimate of drug-likeness (QED) is 0.730. The molecule has 0 aromatic heterocycles. The van der Waals surface area contributed by atoms with Crippen LogP contribution in [0, 0.1) is 0 Å². The molecule has 1 N–H and O–H groups in total. The number of hydrogen-bond acceptors (Lipinski definition) is 4. The monoisotopic (exact) mass is 394 g/mol. The number of amides is 2. The van der Waals surface area contributed by atoms with Crippen molar-refractivity contribution in [3.63, 3.8) is 0 Å². The molecule has 0 spiro atoms. The Hall–Kier alpha value is -3.15. The van der Waals surface area contributed by atoms with Crippen LogP contribution in [0.5, 0.6) is 0 Å². The molecule has 2 aromatic carbocycles. The number of benzene rings is 2. The Morgan fingerprint density at radius 3 is 2.34 bits per heavy atom. The summed E-state index contributed by atoms with van der Waals surface area (Å²) in [5, 5.41) is 2.56. The predicted molar refractivity (Wildman–Crippen MR) is 111 cm³/mol. The zero-order chi connectivity index (χ0) is 20.8.